The third-order valence-corrected chi connectivity index (χ3v) is 7.53. The molecular formula is C20H20ClN3O3S. The van der Waals surface area contributed by atoms with Gasteiger partial charge in [0.05, 0.1) is 4.90 Å². The lowest BCUT2D eigenvalue weighted by Crippen LogP contribution is -2.52. The average molecular weight is 418 g/mol. The van der Waals surface area contributed by atoms with Crippen molar-refractivity contribution < 1.29 is 13.2 Å². The predicted octanol–water partition coefficient (Wildman–Crippen LogP) is 2.75. The highest BCUT2D eigenvalue weighted by molar-refractivity contribution is 7.89. The van der Waals surface area contributed by atoms with Gasteiger partial charge in [-0.15, -0.1) is 0 Å². The Kier molecular flexibility index (Phi) is 4.77. The molecule has 0 aliphatic carbocycles. The predicted molar refractivity (Wildman–Crippen MR) is 108 cm³/mol. The molecule has 0 atom stereocenters. The molecular weight excluding hydrogens is 398 g/mol. The number of aliphatic imine (C=N–C) groups is 1. The van der Waals surface area contributed by atoms with Gasteiger partial charge in [0, 0.05) is 36.5 Å². The zero-order valence-electron chi connectivity index (χ0n) is 15.4. The van der Waals surface area contributed by atoms with Crippen LogP contribution in [0.3, 0.4) is 0 Å². The van der Waals surface area contributed by atoms with Crippen LogP contribution in [0.15, 0.2) is 58.4 Å². The summed E-state index contributed by atoms with van der Waals surface area (Å²) in [6, 6.07) is 14.2. The first kappa shape index (κ1) is 19.1. The Morgan fingerprint density at radius 3 is 2.46 bits per heavy atom. The number of carbonyl (C=O) groups excluding carboxylic acids is 1. The summed E-state index contributed by atoms with van der Waals surface area (Å²) in [5.74, 6) is -0.215. The third-order valence-electron chi connectivity index (χ3n) is 5.25. The third kappa shape index (κ3) is 3.34. The molecule has 28 heavy (non-hydrogen) atoms. The molecule has 0 radical (unpaired) electrons. The number of sulfonamides is 1. The smallest absolute Gasteiger partial charge is 0.272 e. The van der Waals surface area contributed by atoms with Gasteiger partial charge in [0.15, 0.2) is 0 Å². The Morgan fingerprint density at radius 2 is 1.79 bits per heavy atom. The van der Waals surface area contributed by atoms with Gasteiger partial charge in [-0.25, -0.2) is 8.42 Å². The van der Waals surface area contributed by atoms with Crippen molar-refractivity contribution in [3.8, 4) is 0 Å². The number of nitrogens with zero attached hydrogens (tertiary/aromatic N) is 2. The first-order chi connectivity index (χ1) is 13.3. The van der Waals surface area contributed by atoms with E-state index < -0.39 is 15.7 Å². The summed E-state index contributed by atoms with van der Waals surface area (Å²) in [4.78, 5) is 17.3. The van der Waals surface area contributed by atoms with Crippen molar-refractivity contribution in [2.75, 3.05) is 13.1 Å². The van der Waals surface area contributed by atoms with Gasteiger partial charge in [0.1, 0.15) is 11.4 Å². The van der Waals surface area contributed by atoms with Crippen molar-refractivity contribution in [2.45, 2.75) is 30.3 Å². The van der Waals surface area contributed by atoms with Crippen LogP contribution < -0.4 is 5.32 Å². The fraction of sp³-hybridized carbons (Fsp3) is 0.300. The van der Waals surface area contributed by atoms with Crippen LogP contribution in [-0.2, 0) is 14.8 Å². The van der Waals surface area contributed by atoms with Gasteiger partial charge >= 0.3 is 0 Å². The molecule has 2 heterocycles. The van der Waals surface area contributed by atoms with Crippen LogP contribution in [0, 0.1) is 6.92 Å². The largest absolute Gasteiger partial charge is 0.326 e. The number of amides is 1. The summed E-state index contributed by atoms with van der Waals surface area (Å²) < 4.78 is 27.6. The Morgan fingerprint density at radius 1 is 1.11 bits per heavy atom. The number of benzene rings is 2. The Hall–Kier alpha value is -2.22. The van der Waals surface area contributed by atoms with E-state index in [0.717, 1.165) is 5.56 Å². The van der Waals surface area contributed by atoms with Crippen LogP contribution in [0.4, 0.5) is 0 Å². The minimum absolute atomic E-state index is 0.215. The molecule has 0 unspecified atom stereocenters. The van der Waals surface area contributed by atoms with Gasteiger partial charge in [-0.2, -0.15) is 4.31 Å². The molecule has 1 saturated heterocycles. The molecule has 8 heteroatoms. The molecule has 6 nitrogen and oxygen atoms in total. The summed E-state index contributed by atoms with van der Waals surface area (Å²) in [5, 5.41) is 3.35. The van der Waals surface area contributed by atoms with Crippen LogP contribution in [-0.4, -0.2) is 43.1 Å². The minimum Gasteiger partial charge on any atom is -0.326 e. The van der Waals surface area contributed by atoms with Crippen molar-refractivity contribution in [2.24, 2.45) is 4.99 Å². The highest BCUT2D eigenvalue weighted by Crippen LogP contribution is 2.32. The molecule has 1 spiro atoms. The van der Waals surface area contributed by atoms with E-state index in [9.17, 15) is 13.2 Å². The number of piperidine rings is 1. The van der Waals surface area contributed by atoms with E-state index in [0.29, 0.717) is 29.1 Å². The van der Waals surface area contributed by atoms with Crippen LogP contribution in [0.1, 0.15) is 24.0 Å². The number of carbonyl (C=O) groups is 1. The lowest BCUT2D eigenvalue weighted by molar-refractivity contribution is -0.115. The van der Waals surface area contributed by atoms with Crippen molar-refractivity contribution in [3.05, 3.63) is 64.7 Å². The average Bonchev–Trinajstić information content (AvgIpc) is 3.00. The number of nitrogens with one attached hydrogen (secondary N) is 1. The lowest BCUT2D eigenvalue weighted by atomic mass is 10.00. The van der Waals surface area contributed by atoms with Crippen molar-refractivity contribution in [1.82, 2.24) is 9.62 Å². The molecule has 1 fully saturated rings. The van der Waals surface area contributed by atoms with E-state index in [1.165, 1.54) is 10.4 Å². The fourth-order valence-corrected chi connectivity index (χ4v) is 5.61. The number of halogens is 1. The first-order valence-corrected chi connectivity index (χ1v) is 10.9. The molecule has 2 aromatic rings. The molecule has 4 rings (SSSR count). The Labute approximate surface area is 169 Å². The molecule has 146 valence electrons. The quantitative estimate of drug-likeness (QED) is 0.833. The number of hydrogen-bond acceptors (Lipinski definition) is 4. The van der Waals surface area contributed by atoms with E-state index >= 15 is 0 Å². The van der Waals surface area contributed by atoms with E-state index in [-0.39, 0.29) is 23.9 Å². The Bertz CT molecular complexity index is 1060. The monoisotopic (exact) mass is 417 g/mol. The zero-order valence-corrected chi connectivity index (χ0v) is 16.9. The second-order valence-electron chi connectivity index (χ2n) is 7.13. The summed E-state index contributed by atoms with van der Waals surface area (Å²) >= 11 is 6.00. The summed E-state index contributed by atoms with van der Waals surface area (Å²) in [6.45, 7) is 2.31. The van der Waals surface area contributed by atoms with Crippen molar-refractivity contribution >= 4 is 33.2 Å². The highest BCUT2D eigenvalue weighted by atomic mass is 35.5. The number of hydrogen-bond donors (Lipinski definition) is 1. The molecule has 1 amide bonds. The number of rotatable bonds is 3. The molecule has 1 N–H and O–H groups in total. The minimum atomic E-state index is -3.65. The van der Waals surface area contributed by atoms with E-state index in [1.54, 1.807) is 19.1 Å². The van der Waals surface area contributed by atoms with Crippen LogP contribution in [0.5, 0.6) is 0 Å². The molecule has 0 saturated carbocycles. The van der Waals surface area contributed by atoms with Gasteiger partial charge < -0.3 is 5.32 Å². The molecule has 2 aliphatic heterocycles. The maximum atomic E-state index is 13.1. The molecule has 2 aliphatic rings. The van der Waals surface area contributed by atoms with Gasteiger partial charge in [-0.1, -0.05) is 48.0 Å². The van der Waals surface area contributed by atoms with Crippen LogP contribution in [0.2, 0.25) is 5.02 Å². The van der Waals surface area contributed by atoms with Crippen LogP contribution in [0.25, 0.3) is 0 Å². The van der Waals surface area contributed by atoms with Gasteiger partial charge in [0.2, 0.25) is 10.0 Å². The molecule has 0 aromatic heterocycles. The summed E-state index contributed by atoms with van der Waals surface area (Å²) in [5.41, 5.74) is 1.09. The van der Waals surface area contributed by atoms with E-state index in [2.05, 4.69) is 10.3 Å². The maximum Gasteiger partial charge on any atom is 0.272 e. The second-order valence-corrected chi connectivity index (χ2v) is 9.47. The SMILES string of the molecule is Cc1ccc(Cl)cc1S(=O)(=O)N1CCC2(CC1)N=C(c1ccccc1)C(=O)N2. The standard InChI is InChI=1S/C20H20ClN3O3S/c1-14-7-8-16(21)13-17(14)28(26,27)24-11-9-20(10-12-24)22-18(19(25)23-20)15-5-3-2-4-6-15/h2-8,13H,9-12H2,1H3,(H,23,25). The normalized spacial score (nSPS) is 19.5. The number of aryl methyl sites for hydroxylation is 1. The van der Waals surface area contributed by atoms with E-state index in [1.807, 2.05) is 30.3 Å². The van der Waals surface area contributed by atoms with E-state index in [4.69, 9.17) is 11.6 Å². The van der Waals surface area contributed by atoms with Gasteiger partial charge in [-0.05, 0) is 24.6 Å². The second kappa shape index (κ2) is 6.99. The Balaban J connectivity index is 1.56. The van der Waals surface area contributed by atoms with Crippen molar-refractivity contribution in [3.63, 3.8) is 0 Å². The van der Waals surface area contributed by atoms with Gasteiger partial charge in [-0.3, -0.25) is 9.79 Å². The topological polar surface area (TPSA) is 78.8 Å². The maximum absolute atomic E-state index is 13.1. The summed E-state index contributed by atoms with van der Waals surface area (Å²) in [7, 11) is -3.65. The molecule has 2 aromatic carbocycles. The van der Waals surface area contributed by atoms with Crippen molar-refractivity contribution in [1.29, 1.82) is 0 Å². The molecule has 0 bridgehead atoms. The first-order valence-electron chi connectivity index (χ1n) is 9.05. The summed E-state index contributed by atoms with van der Waals surface area (Å²) in [6.07, 6.45) is 0.849. The lowest BCUT2D eigenvalue weighted by Gasteiger charge is -2.36. The van der Waals surface area contributed by atoms with Gasteiger partial charge in [0.25, 0.3) is 5.91 Å². The highest BCUT2D eigenvalue weighted by Gasteiger charge is 2.44. The van der Waals surface area contributed by atoms with Crippen LogP contribution >= 0.6 is 11.6 Å². The zero-order chi connectivity index (χ0) is 19.9. The fourth-order valence-electron chi connectivity index (χ4n) is 3.68.